The third-order valence-electron chi connectivity index (χ3n) is 5.85. The van der Waals surface area contributed by atoms with Crippen LogP contribution in [0.5, 0.6) is 11.5 Å². The molecule has 5 aromatic rings. The molecule has 0 amide bonds. The van der Waals surface area contributed by atoms with Crippen LogP contribution in [0, 0.1) is 0 Å². The van der Waals surface area contributed by atoms with Crippen molar-refractivity contribution in [2.45, 2.75) is 12.1 Å². The molecule has 2 aromatic heterocycles. The van der Waals surface area contributed by atoms with Gasteiger partial charge >= 0.3 is 17.4 Å². The van der Waals surface area contributed by atoms with Gasteiger partial charge in [0.2, 0.25) is 0 Å². The van der Waals surface area contributed by atoms with Crippen molar-refractivity contribution in [1.29, 1.82) is 0 Å². The molecule has 0 radical (unpaired) electrons. The van der Waals surface area contributed by atoms with Gasteiger partial charge in [-0.15, -0.1) is 0 Å². The summed E-state index contributed by atoms with van der Waals surface area (Å²) in [6.07, 6.45) is -4.87. The average Bonchev–Trinajstić information content (AvgIpc) is 2.83. The molecule has 3 aromatic carbocycles. The maximum Gasteiger partial charge on any atom is 0.417 e. The van der Waals surface area contributed by atoms with E-state index in [1.165, 1.54) is 24.3 Å². The van der Waals surface area contributed by atoms with Crippen LogP contribution >= 0.6 is 11.6 Å². The zero-order valence-electron chi connectivity index (χ0n) is 18.0. The minimum absolute atomic E-state index is 0.0179. The van der Waals surface area contributed by atoms with Crippen molar-refractivity contribution in [2.75, 3.05) is 0 Å². The summed E-state index contributed by atoms with van der Waals surface area (Å²) in [6, 6.07) is 14.7. The first-order chi connectivity index (χ1) is 17.1. The summed E-state index contributed by atoms with van der Waals surface area (Å²) in [5.41, 5.74) is -4.81. The van der Waals surface area contributed by atoms with Gasteiger partial charge in [0.15, 0.2) is 0 Å². The second-order valence-corrected chi connectivity index (χ2v) is 8.37. The lowest BCUT2D eigenvalue weighted by Crippen LogP contribution is -2.22. The van der Waals surface area contributed by atoms with Crippen LogP contribution in [0.25, 0.3) is 21.9 Å². The fraction of sp³-hybridized carbons (Fsp3) is 0.0769. The van der Waals surface area contributed by atoms with Crippen LogP contribution in [0.2, 0.25) is 5.02 Å². The predicted molar refractivity (Wildman–Crippen MR) is 126 cm³/mol. The van der Waals surface area contributed by atoms with Crippen LogP contribution in [-0.4, -0.2) is 10.2 Å². The summed E-state index contributed by atoms with van der Waals surface area (Å²) in [5.74, 6) is -2.95. The van der Waals surface area contributed by atoms with E-state index in [-0.39, 0.29) is 27.5 Å². The van der Waals surface area contributed by atoms with Crippen molar-refractivity contribution in [3.05, 3.63) is 115 Å². The fourth-order valence-electron chi connectivity index (χ4n) is 4.22. The molecule has 2 heterocycles. The van der Waals surface area contributed by atoms with Crippen LogP contribution in [-0.2, 0) is 6.18 Å². The smallest absolute Gasteiger partial charge is 0.417 e. The lowest BCUT2D eigenvalue weighted by atomic mass is 9.84. The first-order valence-electron chi connectivity index (χ1n) is 10.4. The van der Waals surface area contributed by atoms with Gasteiger partial charge in [0.1, 0.15) is 22.7 Å². The Balaban J connectivity index is 1.92. The largest absolute Gasteiger partial charge is 0.507 e. The standard InChI is InChI=1S/C26H14ClF3O6/c27-16-10-9-12(11-15(16)26(28,29)30)19(20-22(31)13-5-1-3-7-17(13)35-24(20)33)21-23(32)14-6-2-4-8-18(14)36-25(21)34/h1-11,19,31-32H. The van der Waals surface area contributed by atoms with Gasteiger partial charge in [-0.3, -0.25) is 0 Å². The molecule has 0 unspecified atom stereocenters. The first kappa shape index (κ1) is 23.5. The summed E-state index contributed by atoms with van der Waals surface area (Å²) < 4.78 is 51.7. The number of aromatic hydroxyl groups is 2. The summed E-state index contributed by atoms with van der Waals surface area (Å²) in [5, 5.41) is 21.7. The molecule has 0 aliphatic carbocycles. The van der Waals surface area contributed by atoms with E-state index in [2.05, 4.69) is 0 Å². The van der Waals surface area contributed by atoms with Crippen LogP contribution in [0.15, 0.2) is 85.2 Å². The predicted octanol–water partition coefficient (Wildman–Crippen LogP) is 6.16. The van der Waals surface area contributed by atoms with E-state index < -0.39 is 56.6 Å². The highest BCUT2D eigenvalue weighted by Crippen LogP contribution is 2.44. The highest BCUT2D eigenvalue weighted by Gasteiger charge is 2.37. The molecule has 0 saturated heterocycles. The lowest BCUT2D eigenvalue weighted by Gasteiger charge is -2.21. The Morgan fingerprint density at radius 1 is 0.750 bits per heavy atom. The Morgan fingerprint density at radius 3 is 1.69 bits per heavy atom. The van der Waals surface area contributed by atoms with Crippen LogP contribution in [0.3, 0.4) is 0 Å². The Hall–Kier alpha value is -4.24. The van der Waals surface area contributed by atoms with Crippen molar-refractivity contribution >= 4 is 33.5 Å². The van der Waals surface area contributed by atoms with Crippen molar-refractivity contribution < 1.29 is 32.2 Å². The van der Waals surface area contributed by atoms with Crippen LogP contribution in [0.4, 0.5) is 13.2 Å². The van der Waals surface area contributed by atoms with Crippen molar-refractivity contribution in [3.8, 4) is 11.5 Å². The van der Waals surface area contributed by atoms with Crippen molar-refractivity contribution in [2.24, 2.45) is 0 Å². The highest BCUT2D eigenvalue weighted by molar-refractivity contribution is 6.31. The van der Waals surface area contributed by atoms with E-state index in [9.17, 15) is 33.0 Å². The number of alkyl halides is 3. The quantitative estimate of drug-likeness (QED) is 0.280. The summed E-state index contributed by atoms with van der Waals surface area (Å²) >= 11 is 5.78. The molecule has 10 heteroatoms. The van der Waals surface area contributed by atoms with Gasteiger partial charge in [0, 0.05) is 0 Å². The van der Waals surface area contributed by atoms with Gasteiger partial charge in [0.05, 0.1) is 38.4 Å². The SMILES string of the molecule is O=c1oc2ccccc2c(O)c1C(c1ccc(Cl)c(C(F)(F)F)c1)c1c(O)c2ccccc2oc1=O. The molecular formula is C26H14ClF3O6. The molecule has 0 bridgehead atoms. The summed E-state index contributed by atoms with van der Waals surface area (Å²) in [6.45, 7) is 0. The lowest BCUT2D eigenvalue weighted by molar-refractivity contribution is -0.137. The molecule has 36 heavy (non-hydrogen) atoms. The maximum absolute atomic E-state index is 13.7. The van der Waals surface area contributed by atoms with Gasteiger partial charge < -0.3 is 19.0 Å². The summed E-state index contributed by atoms with van der Waals surface area (Å²) in [4.78, 5) is 26.2. The van der Waals surface area contributed by atoms with Gasteiger partial charge in [0.25, 0.3) is 0 Å². The molecule has 0 saturated carbocycles. The molecule has 5 rings (SSSR count). The minimum Gasteiger partial charge on any atom is -0.507 e. The zero-order valence-corrected chi connectivity index (χ0v) is 18.7. The molecule has 182 valence electrons. The average molecular weight is 515 g/mol. The van der Waals surface area contributed by atoms with E-state index >= 15 is 0 Å². The highest BCUT2D eigenvalue weighted by atomic mass is 35.5. The van der Waals surface area contributed by atoms with E-state index in [1.54, 1.807) is 24.3 Å². The second kappa shape index (κ2) is 8.46. The first-order valence-corrected chi connectivity index (χ1v) is 10.8. The van der Waals surface area contributed by atoms with Crippen LogP contribution < -0.4 is 11.3 Å². The minimum atomic E-state index is -4.87. The fourth-order valence-corrected chi connectivity index (χ4v) is 4.45. The Bertz CT molecular complexity index is 1670. The van der Waals surface area contributed by atoms with Gasteiger partial charge in [-0.1, -0.05) is 41.9 Å². The second-order valence-electron chi connectivity index (χ2n) is 7.97. The maximum atomic E-state index is 13.7. The molecule has 2 N–H and O–H groups in total. The molecule has 0 spiro atoms. The number of fused-ring (bicyclic) bond motifs is 2. The molecular weight excluding hydrogens is 501 g/mol. The number of hydrogen-bond acceptors (Lipinski definition) is 6. The topological polar surface area (TPSA) is 101 Å². The van der Waals surface area contributed by atoms with Gasteiger partial charge in [-0.2, -0.15) is 13.2 Å². The molecule has 0 atom stereocenters. The van der Waals surface area contributed by atoms with E-state index in [0.717, 1.165) is 12.1 Å². The number of halogens is 4. The third kappa shape index (κ3) is 3.77. The van der Waals surface area contributed by atoms with Gasteiger partial charge in [-0.25, -0.2) is 9.59 Å². The van der Waals surface area contributed by atoms with E-state index in [0.29, 0.717) is 6.07 Å². The normalized spacial score (nSPS) is 12.0. The molecule has 0 aliphatic heterocycles. The van der Waals surface area contributed by atoms with Crippen molar-refractivity contribution in [3.63, 3.8) is 0 Å². The molecule has 0 aliphatic rings. The number of hydrogen-bond donors (Lipinski definition) is 2. The Kier molecular flexibility index (Phi) is 5.52. The number of rotatable bonds is 3. The third-order valence-corrected chi connectivity index (χ3v) is 6.18. The van der Waals surface area contributed by atoms with Crippen LogP contribution in [0.1, 0.15) is 28.2 Å². The molecule has 6 nitrogen and oxygen atoms in total. The monoisotopic (exact) mass is 514 g/mol. The van der Waals surface area contributed by atoms with Gasteiger partial charge in [-0.05, 0) is 42.0 Å². The van der Waals surface area contributed by atoms with E-state index in [1.807, 2.05) is 0 Å². The Labute approximate surface area is 204 Å². The Morgan fingerprint density at radius 2 is 1.22 bits per heavy atom. The number of benzene rings is 3. The van der Waals surface area contributed by atoms with E-state index in [4.69, 9.17) is 20.4 Å². The van der Waals surface area contributed by atoms with Crippen molar-refractivity contribution in [1.82, 2.24) is 0 Å². The number of para-hydroxylation sites is 2. The zero-order chi connectivity index (χ0) is 25.8. The molecule has 0 fully saturated rings. The summed E-state index contributed by atoms with van der Waals surface area (Å²) in [7, 11) is 0.